The molecule has 0 bridgehead atoms. The fourth-order valence-electron chi connectivity index (χ4n) is 3.37. The monoisotopic (exact) mass is 331 g/mol. The summed E-state index contributed by atoms with van der Waals surface area (Å²) in [5.74, 6) is -0.0514. The van der Waals surface area contributed by atoms with E-state index in [1.807, 2.05) is 18.2 Å². The Hall–Kier alpha value is -1.98. The molecule has 2 aromatic rings. The lowest BCUT2D eigenvalue weighted by Gasteiger charge is -2.45. The van der Waals surface area contributed by atoms with E-state index in [4.69, 9.17) is 16.0 Å². The molecule has 6 heteroatoms. The number of benzene rings is 1. The Morgan fingerprint density at radius 2 is 2.04 bits per heavy atom. The average molecular weight is 332 g/mol. The normalized spacial score (nSPS) is 20.0. The third-order valence-corrected chi connectivity index (χ3v) is 4.88. The predicted octanol–water partition coefficient (Wildman–Crippen LogP) is 3.08. The van der Waals surface area contributed by atoms with E-state index in [0.717, 1.165) is 38.2 Å². The molecule has 23 heavy (non-hydrogen) atoms. The van der Waals surface area contributed by atoms with Gasteiger partial charge in [0.25, 0.3) is 5.91 Å². The number of anilines is 1. The zero-order valence-electron chi connectivity index (χ0n) is 12.6. The number of amides is 1. The van der Waals surface area contributed by atoms with Crippen molar-refractivity contribution in [2.45, 2.75) is 25.0 Å². The lowest BCUT2D eigenvalue weighted by Crippen LogP contribution is -2.62. The minimum absolute atomic E-state index is 0.0514. The number of nitrogens with zero attached hydrogens (tertiary/aromatic N) is 1. The number of carbonyl (C=O) groups excluding carboxylic acids is 1. The summed E-state index contributed by atoms with van der Waals surface area (Å²) < 4.78 is 5.12. The lowest BCUT2D eigenvalue weighted by molar-refractivity contribution is 0.0822. The highest BCUT2D eigenvalue weighted by molar-refractivity contribution is 6.31. The summed E-state index contributed by atoms with van der Waals surface area (Å²) in [5.41, 5.74) is 2.30. The molecule has 2 aliphatic rings. The fourth-order valence-corrected chi connectivity index (χ4v) is 3.54. The molecule has 0 atom stereocenters. The summed E-state index contributed by atoms with van der Waals surface area (Å²) >= 11 is 5.98. The van der Waals surface area contributed by atoms with Crippen LogP contribution in [0.4, 0.5) is 5.69 Å². The van der Waals surface area contributed by atoms with E-state index < -0.39 is 0 Å². The molecule has 1 saturated heterocycles. The highest BCUT2D eigenvalue weighted by Gasteiger charge is 2.40. The van der Waals surface area contributed by atoms with Crippen molar-refractivity contribution in [2.75, 3.05) is 18.4 Å². The van der Waals surface area contributed by atoms with E-state index >= 15 is 0 Å². The second-order valence-corrected chi connectivity index (χ2v) is 6.70. The predicted molar refractivity (Wildman–Crippen MR) is 88.5 cm³/mol. The molecule has 5 nitrogen and oxygen atoms in total. The van der Waals surface area contributed by atoms with Crippen LogP contribution >= 0.6 is 11.6 Å². The summed E-state index contributed by atoms with van der Waals surface area (Å²) in [6.45, 7) is 2.72. The highest BCUT2D eigenvalue weighted by atomic mass is 35.5. The van der Waals surface area contributed by atoms with Gasteiger partial charge in [-0.2, -0.15) is 0 Å². The van der Waals surface area contributed by atoms with Crippen LogP contribution in [0, 0.1) is 0 Å². The molecule has 3 heterocycles. The Morgan fingerprint density at radius 1 is 1.22 bits per heavy atom. The topological polar surface area (TPSA) is 57.5 Å². The molecule has 1 amide bonds. The molecular formula is C17H18ClN3O2. The number of nitrogens with one attached hydrogen (secondary N) is 2. The van der Waals surface area contributed by atoms with Gasteiger partial charge in [0.05, 0.1) is 18.1 Å². The molecule has 120 valence electrons. The van der Waals surface area contributed by atoms with E-state index in [1.165, 1.54) is 5.56 Å². The van der Waals surface area contributed by atoms with E-state index in [1.54, 1.807) is 18.6 Å². The first-order valence-electron chi connectivity index (χ1n) is 7.77. The Morgan fingerprint density at radius 3 is 2.78 bits per heavy atom. The van der Waals surface area contributed by atoms with Crippen molar-refractivity contribution in [1.29, 1.82) is 0 Å². The summed E-state index contributed by atoms with van der Waals surface area (Å²) in [6.07, 6.45) is 5.20. The standard InChI is InChI=1S/C17H18ClN3O2/c18-13-1-2-15-14(9-13)16(22)20-17(19-15)4-6-21(7-5-17)10-12-3-8-23-11-12/h1-3,8-9,11,19H,4-7,10H2,(H,20,22). The Labute approximate surface area is 139 Å². The van der Waals surface area contributed by atoms with Crippen LogP contribution in [-0.2, 0) is 6.54 Å². The van der Waals surface area contributed by atoms with Crippen LogP contribution < -0.4 is 10.6 Å². The lowest BCUT2D eigenvalue weighted by atomic mass is 9.92. The first kappa shape index (κ1) is 14.6. The molecule has 4 rings (SSSR count). The third kappa shape index (κ3) is 2.82. The molecule has 1 spiro atoms. The average Bonchev–Trinajstić information content (AvgIpc) is 3.04. The zero-order chi connectivity index (χ0) is 15.9. The Balaban J connectivity index is 1.47. The van der Waals surface area contributed by atoms with Crippen LogP contribution in [-0.4, -0.2) is 29.6 Å². The van der Waals surface area contributed by atoms with Crippen LogP contribution in [0.25, 0.3) is 0 Å². The molecule has 1 aromatic carbocycles. The molecule has 0 radical (unpaired) electrons. The number of hydrogen-bond donors (Lipinski definition) is 2. The molecule has 0 aliphatic carbocycles. The number of piperidine rings is 1. The maximum atomic E-state index is 12.4. The van der Waals surface area contributed by atoms with Crippen molar-refractivity contribution in [3.63, 3.8) is 0 Å². The number of fused-ring (bicyclic) bond motifs is 1. The number of carbonyl (C=O) groups is 1. The molecule has 2 N–H and O–H groups in total. The minimum Gasteiger partial charge on any atom is -0.472 e. The van der Waals surface area contributed by atoms with E-state index in [2.05, 4.69) is 15.5 Å². The van der Waals surface area contributed by atoms with Crippen molar-refractivity contribution >= 4 is 23.2 Å². The quantitative estimate of drug-likeness (QED) is 0.888. The molecule has 0 unspecified atom stereocenters. The van der Waals surface area contributed by atoms with Crippen molar-refractivity contribution in [1.82, 2.24) is 10.2 Å². The summed E-state index contributed by atoms with van der Waals surface area (Å²) in [5, 5.41) is 7.23. The van der Waals surface area contributed by atoms with Crippen molar-refractivity contribution < 1.29 is 9.21 Å². The van der Waals surface area contributed by atoms with Gasteiger partial charge in [-0.1, -0.05) is 11.6 Å². The molecule has 2 aliphatic heterocycles. The van der Waals surface area contributed by atoms with Crippen molar-refractivity contribution in [3.8, 4) is 0 Å². The van der Waals surface area contributed by atoms with Crippen LogP contribution in [0.15, 0.2) is 41.2 Å². The number of likely N-dealkylation sites (tertiary alicyclic amines) is 1. The first-order valence-corrected chi connectivity index (χ1v) is 8.15. The maximum Gasteiger partial charge on any atom is 0.255 e. The second kappa shape index (κ2) is 5.58. The zero-order valence-corrected chi connectivity index (χ0v) is 13.4. The van der Waals surface area contributed by atoms with Gasteiger partial charge in [-0.15, -0.1) is 0 Å². The second-order valence-electron chi connectivity index (χ2n) is 6.26. The largest absolute Gasteiger partial charge is 0.472 e. The molecule has 1 fully saturated rings. The van der Waals surface area contributed by atoms with Gasteiger partial charge in [0.15, 0.2) is 0 Å². The first-order chi connectivity index (χ1) is 11.1. The van der Waals surface area contributed by atoms with Gasteiger partial charge in [0, 0.05) is 48.7 Å². The number of halogens is 1. The van der Waals surface area contributed by atoms with E-state index in [-0.39, 0.29) is 11.6 Å². The van der Waals surface area contributed by atoms with Crippen LogP contribution in [0.5, 0.6) is 0 Å². The molecule has 1 aromatic heterocycles. The summed E-state index contributed by atoms with van der Waals surface area (Å²) in [7, 11) is 0. The minimum atomic E-state index is -0.356. The van der Waals surface area contributed by atoms with Gasteiger partial charge in [0.1, 0.15) is 5.66 Å². The van der Waals surface area contributed by atoms with Gasteiger partial charge in [-0.25, -0.2) is 0 Å². The molecule has 0 saturated carbocycles. The third-order valence-electron chi connectivity index (χ3n) is 4.65. The summed E-state index contributed by atoms with van der Waals surface area (Å²) in [6, 6.07) is 7.40. The van der Waals surface area contributed by atoms with E-state index in [0.29, 0.717) is 10.6 Å². The van der Waals surface area contributed by atoms with Crippen LogP contribution in [0.1, 0.15) is 28.8 Å². The van der Waals surface area contributed by atoms with Crippen molar-refractivity contribution in [3.05, 3.63) is 52.9 Å². The fraction of sp³-hybridized carbons (Fsp3) is 0.353. The van der Waals surface area contributed by atoms with Gasteiger partial charge >= 0.3 is 0 Å². The number of hydrogen-bond acceptors (Lipinski definition) is 4. The van der Waals surface area contributed by atoms with Crippen LogP contribution in [0.3, 0.4) is 0 Å². The SMILES string of the molecule is O=C1NC2(CCN(Cc3ccoc3)CC2)Nc2ccc(Cl)cc21. The van der Waals surface area contributed by atoms with Gasteiger partial charge in [0.2, 0.25) is 0 Å². The van der Waals surface area contributed by atoms with Gasteiger partial charge in [-0.05, 0) is 24.3 Å². The van der Waals surface area contributed by atoms with Gasteiger partial charge in [-0.3, -0.25) is 9.69 Å². The Kier molecular flexibility index (Phi) is 3.54. The smallest absolute Gasteiger partial charge is 0.255 e. The number of furan rings is 1. The Bertz CT molecular complexity index is 721. The van der Waals surface area contributed by atoms with Crippen molar-refractivity contribution in [2.24, 2.45) is 0 Å². The van der Waals surface area contributed by atoms with Gasteiger partial charge < -0.3 is 15.1 Å². The number of rotatable bonds is 2. The molecular weight excluding hydrogens is 314 g/mol. The maximum absolute atomic E-state index is 12.4. The van der Waals surface area contributed by atoms with Crippen LogP contribution in [0.2, 0.25) is 5.02 Å². The van der Waals surface area contributed by atoms with E-state index in [9.17, 15) is 4.79 Å². The summed E-state index contributed by atoms with van der Waals surface area (Å²) in [4.78, 5) is 14.8. The highest BCUT2D eigenvalue weighted by Crippen LogP contribution is 2.33.